The van der Waals surface area contributed by atoms with E-state index in [1.165, 1.54) is 11.3 Å². The average Bonchev–Trinajstić information content (AvgIpc) is 3.22. The fourth-order valence-electron chi connectivity index (χ4n) is 4.20. The molecule has 0 saturated carbocycles. The predicted octanol–water partition coefficient (Wildman–Crippen LogP) is 5.30. The standard InChI is InChI=1S/C27H28N2O4S/c1-2-33-27(32)24-20-15-9-10-16-22(20)34-26(24)29-23(30)17-21(18-11-5-3-6-12-18)28-25(31)19-13-7-4-8-14-19/h3-8,11-14,21H,2,9-10,15-17H2,1H3,(H,28,31)(H,29,30). The van der Waals surface area contributed by atoms with Gasteiger partial charge in [-0.2, -0.15) is 0 Å². The largest absolute Gasteiger partial charge is 0.462 e. The zero-order chi connectivity index (χ0) is 23.9. The van der Waals surface area contributed by atoms with E-state index < -0.39 is 12.0 Å². The highest BCUT2D eigenvalue weighted by Gasteiger charge is 2.28. The molecule has 0 aliphatic heterocycles. The van der Waals surface area contributed by atoms with E-state index in [-0.39, 0.29) is 24.8 Å². The van der Waals surface area contributed by atoms with E-state index in [9.17, 15) is 14.4 Å². The number of fused-ring (bicyclic) bond motifs is 1. The van der Waals surface area contributed by atoms with Crippen LogP contribution in [0.25, 0.3) is 0 Å². The number of carbonyl (C=O) groups is 3. The second-order valence-corrected chi connectivity index (χ2v) is 9.30. The molecule has 1 aromatic heterocycles. The maximum absolute atomic E-state index is 13.2. The fourth-order valence-corrected chi connectivity index (χ4v) is 5.50. The second kappa shape index (κ2) is 11.1. The van der Waals surface area contributed by atoms with Crippen LogP contribution in [-0.2, 0) is 22.4 Å². The van der Waals surface area contributed by atoms with Gasteiger partial charge in [0.2, 0.25) is 5.91 Å². The highest BCUT2D eigenvalue weighted by atomic mass is 32.1. The normalized spacial score (nSPS) is 13.4. The van der Waals surface area contributed by atoms with Crippen LogP contribution in [0.5, 0.6) is 0 Å². The maximum Gasteiger partial charge on any atom is 0.341 e. The van der Waals surface area contributed by atoms with E-state index in [2.05, 4.69) is 10.6 Å². The number of thiophene rings is 1. The van der Waals surface area contributed by atoms with Gasteiger partial charge < -0.3 is 15.4 Å². The van der Waals surface area contributed by atoms with Crippen molar-refractivity contribution < 1.29 is 19.1 Å². The zero-order valence-electron chi connectivity index (χ0n) is 19.1. The van der Waals surface area contributed by atoms with Gasteiger partial charge in [-0.1, -0.05) is 48.5 Å². The molecule has 1 aliphatic rings. The molecular weight excluding hydrogens is 448 g/mol. The highest BCUT2D eigenvalue weighted by molar-refractivity contribution is 7.17. The Hall–Kier alpha value is -3.45. The van der Waals surface area contributed by atoms with Gasteiger partial charge in [0.15, 0.2) is 0 Å². The van der Waals surface area contributed by atoms with Crippen molar-refractivity contribution in [3.63, 3.8) is 0 Å². The summed E-state index contributed by atoms with van der Waals surface area (Å²) in [5.74, 6) is -0.915. The number of anilines is 1. The Kier molecular flexibility index (Phi) is 7.75. The van der Waals surface area contributed by atoms with Gasteiger partial charge in [-0.3, -0.25) is 9.59 Å². The van der Waals surface area contributed by atoms with Crippen molar-refractivity contribution in [1.29, 1.82) is 0 Å². The van der Waals surface area contributed by atoms with Crippen molar-refractivity contribution in [2.24, 2.45) is 0 Å². The summed E-state index contributed by atoms with van der Waals surface area (Å²) in [4.78, 5) is 39.8. The molecule has 2 N–H and O–H groups in total. The topological polar surface area (TPSA) is 84.5 Å². The molecule has 1 aliphatic carbocycles. The third-order valence-corrected chi connectivity index (χ3v) is 7.04. The molecule has 0 saturated heterocycles. The lowest BCUT2D eigenvalue weighted by molar-refractivity contribution is -0.116. The maximum atomic E-state index is 13.2. The first-order chi connectivity index (χ1) is 16.6. The Morgan fingerprint density at radius 2 is 1.65 bits per heavy atom. The van der Waals surface area contributed by atoms with E-state index in [0.717, 1.165) is 41.7 Å². The Balaban J connectivity index is 1.55. The Labute approximate surface area is 203 Å². The molecule has 1 unspecified atom stereocenters. The van der Waals surface area contributed by atoms with Crippen molar-refractivity contribution in [2.75, 3.05) is 11.9 Å². The van der Waals surface area contributed by atoms with Crippen molar-refractivity contribution in [3.05, 3.63) is 87.8 Å². The molecule has 0 bridgehead atoms. The minimum absolute atomic E-state index is 0.0351. The second-order valence-electron chi connectivity index (χ2n) is 8.19. The minimum atomic E-state index is -0.519. The lowest BCUT2D eigenvalue weighted by Crippen LogP contribution is -2.31. The summed E-state index contributed by atoms with van der Waals surface area (Å²) in [6.07, 6.45) is 3.85. The van der Waals surface area contributed by atoms with E-state index in [1.54, 1.807) is 31.2 Å². The van der Waals surface area contributed by atoms with Crippen LogP contribution >= 0.6 is 11.3 Å². The third-order valence-electron chi connectivity index (χ3n) is 5.84. The van der Waals surface area contributed by atoms with Crippen LogP contribution < -0.4 is 10.6 Å². The predicted molar refractivity (Wildman–Crippen MR) is 133 cm³/mol. The molecule has 7 heteroatoms. The van der Waals surface area contributed by atoms with E-state index in [0.29, 0.717) is 16.1 Å². The molecule has 0 fully saturated rings. The van der Waals surface area contributed by atoms with Gasteiger partial charge in [-0.15, -0.1) is 11.3 Å². The van der Waals surface area contributed by atoms with Crippen molar-refractivity contribution in [3.8, 4) is 0 Å². The number of benzene rings is 2. The van der Waals surface area contributed by atoms with Crippen LogP contribution in [0.15, 0.2) is 60.7 Å². The number of ether oxygens (including phenoxy) is 1. The molecular formula is C27H28N2O4S. The summed E-state index contributed by atoms with van der Waals surface area (Å²) >= 11 is 1.46. The summed E-state index contributed by atoms with van der Waals surface area (Å²) in [5, 5.41) is 6.47. The van der Waals surface area contributed by atoms with Gasteiger partial charge in [-0.05, 0) is 55.9 Å². The SMILES string of the molecule is CCOC(=O)c1c(NC(=O)CC(NC(=O)c2ccccc2)c2ccccc2)sc2c1CCCC2. The number of esters is 1. The summed E-state index contributed by atoms with van der Waals surface area (Å²) < 4.78 is 5.29. The summed E-state index contributed by atoms with van der Waals surface area (Å²) in [6.45, 7) is 2.05. The smallest absolute Gasteiger partial charge is 0.341 e. The van der Waals surface area contributed by atoms with E-state index in [4.69, 9.17) is 4.74 Å². The number of carbonyl (C=O) groups excluding carboxylic acids is 3. The molecule has 2 aromatic carbocycles. The molecule has 3 aromatic rings. The van der Waals surface area contributed by atoms with Gasteiger partial charge in [0.1, 0.15) is 5.00 Å². The quantitative estimate of drug-likeness (QED) is 0.432. The number of amides is 2. The first kappa shape index (κ1) is 23.7. The van der Waals surface area contributed by atoms with Crippen LogP contribution in [0.3, 0.4) is 0 Å². The summed E-state index contributed by atoms with van der Waals surface area (Å²) in [5.41, 5.74) is 2.85. The first-order valence-electron chi connectivity index (χ1n) is 11.6. The Morgan fingerprint density at radius 1 is 0.971 bits per heavy atom. The van der Waals surface area contributed by atoms with Gasteiger partial charge in [0, 0.05) is 10.4 Å². The van der Waals surface area contributed by atoms with Gasteiger partial charge in [0.05, 0.1) is 24.6 Å². The first-order valence-corrected chi connectivity index (χ1v) is 12.4. The summed E-state index contributed by atoms with van der Waals surface area (Å²) in [7, 11) is 0. The van der Waals surface area contributed by atoms with Gasteiger partial charge in [-0.25, -0.2) is 4.79 Å². The molecule has 176 valence electrons. The third kappa shape index (κ3) is 5.54. The molecule has 2 amide bonds. The van der Waals surface area contributed by atoms with Crippen LogP contribution in [0.1, 0.15) is 68.9 Å². The van der Waals surface area contributed by atoms with Crippen LogP contribution in [-0.4, -0.2) is 24.4 Å². The van der Waals surface area contributed by atoms with E-state index in [1.807, 2.05) is 36.4 Å². The number of rotatable bonds is 8. The van der Waals surface area contributed by atoms with Gasteiger partial charge in [0.25, 0.3) is 5.91 Å². The van der Waals surface area contributed by atoms with Gasteiger partial charge >= 0.3 is 5.97 Å². The van der Waals surface area contributed by atoms with Crippen LogP contribution in [0.4, 0.5) is 5.00 Å². The molecule has 0 radical (unpaired) electrons. The Bertz CT molecular complexity index is 1160. The number of hydrogen-bond acceptors (Lipinski definition) is 5. The van der Waals surface area contributed by atoms with Crippen molar-refractivity contribution in [2.45, 2.75) is 45.1 Å². The zero-order valence-corrected chi connectivity index (χ0v) is 20.0. The number of hydrogen-bond donors (Lipinski definition) is 2. The molecule has 1 atom stereocenters. The van der Waals surface area contributed by atoms with E-state index >= 15 is 0 Å². The highest BCUT2D eigenvalue weighted by Crippen LogP contribution is 2.39. The molecule has 1 heterocycles. The fraction of sp³-hybridized carbons (Fsp3) is 0.296. The number of nitrogens with one attached hydrogen (secondary N) is 2. The Morgan fingerprint density at radius 3 is 2.35 bits per heavy atom. The molecule has 4 rings (SSSR count). The monoisotopic (exact) mass is 476 g/mol. The molecule has 6 nitrogen and oxygen atoms in total. The van der Waals surface area contributed by atoms with Crippen LogP contribution in [0, 0.1) is 0 Å². The number of aryl methyl sites for hydroxylation is 1. The average molecular weight is 477 g/mol. The lowest BCUT2D eigenvalue weighted by Gasteiger charge is -2.19. The summed E-state index contributed by atoms with van der Waals surface area (Å²) in [6, 6.07) is 17.8. The molecule has 34 heavy (non-hydrogen) atoms. The lowest BCUT2D eigenvalue weighted by atomic mass is 9.95. The molecule has 0 spiro atoms. The van der Waals surface area contributed by atoms with Crippen molar-refractivity contribution in [1.82, 2.24) is 5.32 Å². The minimum Gasteiger partial charge on any atom is -0.462 e. The van der Waals surface area contributed by atoms with Crippen LogP contribution in [0.2, 0.25) is 0 Å². The van der Waals surface area contributed by atoms with Crippen molar-refractivity contribution >= 4 is 34.1 Å².